The predicted octanol–water partition coefficient (Wildman–Crippen LogP) is 4.13. The Morgan fingerprint density at radius 1 is 1.15 bits per heavy atom. The van der Waals surface area contributed by atoms with Gasteiger partial charge in [-0.25, -0.2) is 0 Å². The van der Waals surface area contributed by atoms with Gasteiger partial charge < -0.3 is 15.0 Å². The van der Waals surface area contributed by atoms with Crippen molar-refractivity contribution in [1.29, 1.82) is 0 Å². The predicted molar refractivity (Wildman–Crippen MR) is 108 cm³/mol. The number of aryl methyl sites for hydroxylation is 2. The van der Waals surface area contributed by atoms with Gasteiger partial charge in [0.25, 0.3) is 5.91 Å². The molecule has 2 aromatic rings. The number of ether oxygens (including phenoxy) is 1. The monoisotopic (exact) mass is 388 g/mol. The van der Waals surface area contributed by atoms with Crippen LogP contribution in [0.5, 0.6) is 5.75 Å². The topological polar surface area (TPSA) is 58.6 Å². The van der Waals surface area contributed by atoms with Gasteiger partial charge in [-0.05, 0) is 68.7 Å². The van der Waals surface area contributed by atoms with Crippen LogP contribution >= 0.6 is 11.6 Å². The first-order valence-corrected chi connectivity index (χ1v) is 9.10. The molecule has 0 aliphatic heterocycles. The van der Waals surface area contributed by atoms with E-state index in [0.29, 0.717) is 10.8 Å². The maximum atomic E-state index is 12.5. The number of halogens is 1. The second-order valence-corrected chi connectivity index (χ2v) is 7.07. The summed E-state index contributed by atoms with van der Waals surface area (Å²) in [4.78, 5) is 26.2. The van der Waals surface area contributed by atoms with Crippen molar-refractivity contribution in [2.24, 2.45) is 0 Å². The van der Waals surface area contributed by atoms with Gasteiger partial charge in [-0.3, -0.25) is 9.59 Å². The lowest BCUT2D eigenvalue weighted by Crippen LogP contribution is -2.42. The highest BCUT2D eigenvalue weighted by Crippen LogP contribution is 2.22. The van der Waals surface area contributed by atoms with Crippen LogP contribution in [0.2, 0.25) is 5.02 Å². The van der Waals surface area contributed by atoms with Crippen LogP contribution < -0.4 is 10.1 Å². The maximum Gasteiger partial charge on any atom is 0.263 e. The molecule has 0 aliphatic carbocycles. The molecule has 5 nitrogen and oxygen atoms in total. The van der Waals surface area contributed by atoms with Crippen molar-refractivity contribution < 1.29 is 14.3 Å². The molecule has 0 aromatic heterocycles. The summed E-state index contributed by atoms with van der Waals surface area (Å²) < 4.78 is 5.69. The summed E-state index contributed by atoms with van der Waals surface area (Å²) in [6.07, 6.45) is -0.718. The van der Waals surface area contributed by atoms with Crippen molar-refractivity contribution in [2.45, 2.75) is 33.8 Å². The van der Waals surface area contributed by atoms with Crippen LogP contribution in [0.3, 0.4) is 0 Å². The molecule has 2 amide bonds. The number of carbonyl (C=O) groups is 2. The van der Waals surface area contributed by atoms with Gasteiger partial charge in [-0.2, -0.15) is 0 Å². The molecule has 0 spiro atoms. The minimum atomic E-state index is -0.718. The number of nitrogens with one attached hydrogen (secondary N) is 1. The second-order valence-electron chi connectivity index (χ2n) is 6.66. The van der Waals surface area contributed by atoms with Crippen LogP contribution in [0.1, 0.15) is 23.6 Å². The van der Waals surface area contributed by atoms with Gasteiger partial charge in [0.15, 0.2) is 6.10 Å². The fourth-order valence-electron chi connectivity index (χ4n) is 2.62. The van der Waals surface area contributed by atoms with E-state index in [9.17, 15) is 9.59 Å². The average Bonchev–Trinajstić information content (AvgIpc) is 2.61. The van der Waals surface area contributed by atoms with Gasteiger partial charge in [-0.1, -0.05) is 23.7 Å². The molecule has 1 unspecified atom stereocenters. The Labute approximate surface area is 165 Å². The Kier molecular flexibility index (Phi) is 6.86. The largest absolute Gasteiger partial charge is 0.481 e. The van der Waals surface area contributed by atoms with Crippen LogP contribution in [0, 0.1) is 20.8 Å². The van der Waals surface area contributed by atoms with E-state index in [4.69, 9.17) is 16.3 Å². The number of rotatable bonds is 6. The van der Waals surface area contributed by atoms with Gasteiger partial charge in [-0.15, -0.1) is 0 Å². The Bertz CT molecular complexity index is 851. The van der Waals surface area contributed by atoms with Crippen LogP contribution in [-0.4, -0.2) is 36.4 Å². The van der Waals surface area contributed by atoms with E-state index in [-0.39, 0.29) is 18.4 Å². The van der Waals surface area contributed by atoms with Gasteiger partial charge >= 0.3 is 0 Å². The first kappa shape index (κ1) is 20.8. The van der Waals surface area contributed by atoms with E-state index >= 15 is 0 Å². The maximum absolute atomic E-state index is 12.5. The van der Waals surface area contributed by atoms with Crippen LogP contribution in [0.15, 0.2) is 36.4 Å². The van der Waals surface area contributed by atoms with Crippen molar-refractivity contribution in [3.05, 3.63) is 58.1 Å². The number of hydrogen-bond acceptors (Lipinski definition) is 3. The summed E-state index contributed by atoms with van der Waals surface area (Å²) in [5.41, 5.74) is 3.73. The van der Waals surface area contributed by atoms with Crippen molar-refractivity contribution in [2.75, 3.05) is 18.9 Å². The standard InChI is InChI=1S/C21H25ClN2O3/c1-13-7-6-8-19(15(13)3)23-20(25)12-24(5)21(26)16(4)27-17-9-10-18(22)14(2)11-17/h6-11,16H,12H2,1-5H3,(H,23,25). The number of benzene rings is 2. The average molecular weight is 389 g/mol. The molecule has 6 heteroatoms. The molecule has 1 N–H and O–H groups in total. The lowest BCUT2D eigenvalue weighted by Gasteiger charge is -2.22. The minimum Gasteiger partial charge on any atom is -0.481 e. The molecule has 2 rings (SSSR count). The number of anilines is 1. The zero-order valence-electron chi connectivity index (χ0n) is 16.3. The molecular weight excluding hydrogens is 364 g/mol. The van der Waals surface area contributed by atoms with Crippen LogP contribution in [0.25, 0.3) is 0 Å². The zero-order chi connectivity index (χ0) is 20.1. The van der Waals surface area contributed by atoms with E-state index in [1.165, 1.54) is 4.90 Å². The summed E-state index contributed by atoms with van der Waals surface area (Å²) in [5.74, 6) is 0.0267. The summed E-state index contributed by atoms with van der Waals surface area (Å²) >= 11 is 6.00. The number of nitrogens with zero attached hydrogens (tertiary/aromatic N) is 1. The Morgan fingerprint density at radius 3 is 2.52 bits per heavy atom. The number of carbonyl (C=O) groups excluding carboxylic acids is 2. The molecule has 0 aliphatic rings. The quantitative estimate of drug-likeness (QED) is 0.809. The molecule has 0 fully saturated rings. The van der Waals surface area contributed by atoms with Gasteiger partial charge in [0.1, 0.15) is 5.75 Å². The van der Waals surface area contributed by atoms with E-state index in [0.717, 1.165) is 22.4 Å². The van der Waals surface area contributed by atoms with E-state index in [1.807, 2.05) is 39.0 Å². The molecule has 0 saturated carbocycles. The Balaban J connectivity index is 1.94. The van der Waals surface area contributed by atoms with Crippen LogP contribution in [0.4, 0.5) is 5.69 Å². The molecule has 2 aromatic carbocycles. The summed E-state index contributed by atoms with van der Waals surface area (Å²) in [6.45, 7) is 7.40. The number of likely N-dealkylation sites (N-methyl/N-ethyl adjacent to an activating group) is 1. The normalized spacial score (nSPS) is 11.6. The molecule has 0 saturated heterocycles. The van der Waals surface area contributed by atoms with Gasteiger partial charge in [0.05, 0.1) is 6.54 Å². The summed E-state index contributed by atoms with van der Waals surface area (Å²) in [5, 5.41) is 3.49. The van der Waals surface area contributed by atoms with E-state index < -0.39 is 6.10 Å². The fraction of sp³-hybridized carbons (Fsp3) is 0.333. The SMILES string of the molecule is Cc1cc(OC(C)C(=O)N(C)CC(=O)Nc2cccc(C)c2C)ccc1Cl. The lowest BCUT2D eigenvalue weighted by atomic mass is 10.1. The molecule has 0 heterocycles. The minimum absolute atomic E-state index is 0.0560. The van der Waals surface area contributed by atoms with Gasteiger partial charge in [0, 0.05) is 17.8 Å². The molecule has 0 bridgehead atoms. The smallest absolute Gasteiger partial charge is 0.263 e. The molecular formula is C21H25ClN2O3. The van der Waals surface area contributed by atoms with Crippen molar-refractivity contribution in [3.8, 4) is 5.75 Å². The van der Waals surface area contributed by atoms with Crippen molar-refractivity contribution in [1.82, 2.24) is 4.90 Å². The Hall–Kier alpha value is -2.53. The third-order valence-electron chi connectivity index (χ3n) is 4.43. The summed E-state index contributed by atoms with van der Waals surface area (Å²) in [7, 11) is 1.58. The third-order valence-corrected chi connectivity index (χ3v) is 4.85. The van der Waals surface area contributed by atoms with E-state index in [2.05, 4.69) is 5.32 Å². The highest BCUT2D eigenvalue weighted by molar-refractivity contribution is 6.31. The number of hydrogen-bond donors (Lipinski definition) is 1. The first-order valence-electron chi connectivity index (χ1n) is 8.73. The van der Waals surface area contributed by atoms with E-state index in [1.54, 1.807) is 32.2 Å². The third kappa shape index (κ3) is 5.47. The number of amides is 2. The Morgan fingerprint density at radius 2 is 1.85 bits per heavy atom. The molecule has 144 valence electrons. The van der Waals surface area contributed by atoms with Crippen molar-refractivity contribution >= 4 is 29.1 Å². The summed E-state index contributed by atoms with van der Waals surface area (Å²) in [6, 6.07) is 10.9. The second kappa shape index (κ2) is 8.91. The highest BCUT2D eigenvalue weighted by Gasteiger charge is 2.21. The highest BCUT2D eigenvalue weighted by atomic mass is 35.5. The molecule has 0 radical (unpaired) electrons. The molecule has 27 heavy (non-hydrogen) atoms. The van der Waals surface area contributed by atoms with Gasteiger partial charge in [0.2, 0.25) is 5.91 Å². The lowest BCUT2D eigenvalue weighted by molar-refractivity contribution is -0.139. The zero-order valence-corrected chi connectivity index (χ0v) is 17.1. The van der Waals surface area contributed by atoms with Crippen LogP contribution in [-0.2, 0) is 9.59 Å². The molecule has 1 atom stereocenters. The fourth-order valence-corrected chi connectivity index (χ4v) is 2.74. The first-order chi connectivity index (χ1) is 12.7. The van der Waals surface area contributed by atoms with Crippen molar-refractivity contribution in [3.63, 3.8) is 0 Å².